The molecule has 8 nitrogen and oxygen atoms in total. The molecule has 2 aliphatic heterocycles. The van der Waals surface area contributed by atoms with Crippen molar-refractivity contribution in [2.75, 3.05) is 44.3 Å². The Morgan fingerprint density at radius 3 is 2.62 bits per heavy atom. The summed E-state index contributed by atoms with van der Waals surface area (Å²) in [5.41, 5.74) is 0.440. The van der Waals surface area contributed by atoms with E-state index in [9.17, 15) is 9.59 Å². The average Bonchev–Trinajstić information content (AvgIpc) is 2.78. The Bertz CT molecular complexity index is 895. The number of benzene rings is 1. The first kappa shape index (κ1) is 19.0. The zero-order valence-electron chi connectivity index (χ0n) is 16.2. The van der Waals surface area contributed by atoms with Crippen molar-refractivity contribution in [3.8, 4) is 11.5 Å². The molecule has 0 radical (unpaired) electrons. The van der Waals surface area contributed by atoms with Gasteiger partial charge in [-0.2, -0.15) is 0 Å². The second-order valence-electron chi connectivity index (χ2n) is 6.77. The van der Waals surface area contributed by atoms with Crippen LogP contribution in [0.1, 0.15) is 17.3 Å². The molecule has 1 saturated heterocycles. The Kier molecular flexibility index (Phi) is 5.50. The Morgan fingerprint density at radius 1 is 1.10 bits per heavy atom. The zero-order chi connectivity index (χ0) is 20.2. The van der Waals surface area contributed by atoms with Crippen LogP contribution in [0.2, 0.25) is 0 Å². The highest BCUT2D eigenvalue weighted by atomic mass is 16.6. The molecule has 0 N–H and O–H groups in total. The molecule has 0 spiro atoms. The van der Waals surface area contributed by atoms with Gasteiger partial charge in [0.25, 0.3) is 5.91 Å². The van der Waals surface area contributed by atoms with Crippen LogP contribution >= 0.6 is 0 Å². The molecule has 1 fully saturated rings. The minimum atomic E-state index is -0.651. The molecular weight excluding hydrogens is 374 g/mol. The summed E-state index contributed by atoms with van der Waals surface area (Å²) >= 11 is 0. The van der Waals surface area contributed by atoms with E-state index in [2.05, 4.69) is 4.98 Å². The van der Waals surface area contributed by atoms with Gasteiger partial charge < -0.3 is 24.0 Å². The number of carbonyl (C=O) groups excluding carboxylic acids is 2. The van der Waals surface area contributed by atoms with Crippen LogP contribution in [-0.4, -0.2) is 67.3 Å². The fourth-order valence-corrected chi connectivity index (χ4v) is 3.50. The van der Waals surface area contributed by atoms with Gasteiger partial charge in [0, 0.05) is 32.4 Å². The van der Waals surface area contributed by atoms with E-state index in [-0.39, 0.29) is 18.5 Å². The number of para-hydroxylation sites is 2. The number of rotatable bonds is 4. The van der Waals surface area contributed by atoms with Gasteiger partial charge in [0.05, 0.1) is 6.61 Å². The first-order chi connectivity index (χ1) is 14.2. The van der Waals surface area contributed by atoms with E-state index in [4.69, 9.17) is 14.2 Å². The smallest absolute Gasteiger partial charge is 0.341 e. The molecular formula is C21H23N3O5. The van der Waals surface area contributed by atoms with Gasteiger partial charge >= 0.3 is 5.97 Å². The molecule has 1 aromatic carbocycles. The molecule has 1 amide bonds. The lowest BCUT2D eigenvalue weighted by Crippen LogP contribution is -2.54. The number of fused-ring (bicyclic) bond motifs is 1. The summed E-state index contributed by atoms with van der Waals surface area (Å²) in [6, 6.07) is 10.8. The van der Waals surface area contributed by atoms with E-state index in [0.717, 1.165) is 0 Å². The highest BCUT2D eigenvalue weighted by Gasteiger charge is 2.33. The van der Waals surface area contributed by atoms with Crippen molar-refractivity contribution in [2.24, 2.45) is 0 Å². The monoisotopic (exact) mass is 397 g/mol. The summed E-state index contributed by atoms with van der Waals surface area (Å²) in [5.74, 6) is 1.35. The number of anilines is 1. The van der Waals surface area contributed by atoms with Crippen molar-refractivity contribution in [3.05, 3.63) is 48.2 Å². The number of nitrogens with zero attached hydrogens (tertiary/aromatic N) is 3. The van der Waals surface area contributed by atoms with Crippen molar-refractivity contribution < 1.29 is 23.8 Å². The Morgan fingerprint density at radius 2 is 1.86 bits per heavy atom. The minimum absolute atomic E-state index is 0.0919. The molecule has 2 aliphatic rings. The van der Waals surface area contributed by atoms with E-state index in [1.165, 1.54) is 0 Å². The molecule has 0 unspecified atom stereocenters. The van der Waals surface area contributed by atoms with Crippen LogP contribution in [0.15, 0.2) is 42.6 Å². The van der Waals surface area contributed by atoms with Crippen LogP contribution in [0.5, 0.6) is 11.5 Å². The van der Waals surface area contributed by atoms with Gasteiger partial charge in [-0.3, -0.25) is 4.79 Å². The summed E-state index contributed by atoms with van der Waals surface area (Å²) in [5, 5.41) is 0. The van der Waals surface area contributed by atoms with Crippen LogP contribution in [0.4, 0.5) is 5.82 Å². The summed E-state index contributed by atoms with van der Waals surface area (Å²) in [6.07, 6.45) is 1.00. The predicted molar refractivity (Wildman–Crippen MR) is 105 cm³/mol. The molecule has 1 atom stereocenters. The zero-order valence-corrected chi connectivity index (χ0v) is 16.2. The number of hydrogen-bond donors (Lipinski definition) is 0. The van der Waals surface area contributed by atoms with Crippen molar-refractivity contribution in [1.29, 1.82) is 0 Å². The first-order valence-corrected chi connectivity index (χ1v) is 9.71. The van der Waals surface area contributed by atoms with Crippen LogP contribution in [-0.2, 0) is 9.53 Å². The fraction of sp³-hybridized carbons (Fsp3) is 0.381. The SMILES string of the molecule is CCOC(=O)c1cccnc1N1CCN(C(=O)[C@H]2COc3ccccc3O2)CC1. The highest BCUT2D eigenvalue weighted by Crippen LogP contribution is 2.31. The lowest BCUT2D eigenvalue weighted by atomic mass is 10.2. The van der Waals surface area contributed by atoms with Gasteiger partial charge in [-0.15, -0.1) is 0 Å². The van der Waals surface area contributed by atoms with Gasteiger partial charge in [-0.05, 0) is 31.2 Å². The largest absolute Gasteiger partial charge is 0.485 e. The number of amides is 1. The number of hydrogen-bond acceptors (Lipinski definition) is 7. The lowest BCUT2D eigenvalue weighted by molar-refractivity contribution is -0.141. The standard InChI is InChI=1S/C21H23N3O5/c1-2-27-21(26)15-6-5-9-22-19(15)23-10-12-24(13-11-23)20(25)18-14-28-16-7-3-4-8-17(16)29-18/h3-9,18H,2,10-14H2,1H3/t18-/m1/s1. The van der Waals surface area contributed by atoms with Crippen molar-refractivity contribution in [1.82, 2.24) is 9.88 Å². The second-order valence-corrected chi connectivity index (χ2v) is 6.77. The summed E-state index contributed by atoms with van der Waals surface area (Å²) < 4.78 is 16.6. The maximum absolute atomic E-state index is 12.9. The normalized spacial score (nSPS) is 18.3. The molecule has 4 rings (SSSR count). The molecule has 152 valence electrons. The second kappa shape index (κ2) is 8.38. The van der Waals surface area contributed by atoms with Crippen molar-refractivity contribution in [2.45, 2.75) is 13.0 Å². The number of piperazine rings is 1. The van der Waals surface area contributed by atoms with Gasteiger partial charge in [-0.25, -0.2) is 9.78 Å². The Labute approximate surface area is 169 Å². The molecule has 0 bridgehead atoms. The van der Waals surface area contributed by atoms with E-state index >= 15 is 0 Å². The number of aromatic nitrogens is 1. The maximum atomic E-state index is 12.9. The fourth-order valence-electron chi connectivity index (χ4n) is 3.50. The average molecular weight is 397 g/mol. The van der Waals surface area contributed by atoms with E-state index in [0.29, 0.717) is 55.7 Å². The number of pyridine rings is 1. The summed E-state index contributed by atoms with van der Waals surface area (Å²) in [4.78, 5) is 33.2. The van der Waals surface area contributed by atoms with E-state index in [1.807, 2.05) is 23.1 Å². The van der Waals surface area contributed by atoms with E-state index < -0.39 is 6.10 Å². The third-order valence-electron chi connectivity index (χ3n) is 4.96. The first-order valence-electron chi connectivity index (χ1n) is 9.71. The van der Waals surface area contributed by atoms with Crippen LogP contribution < -0.4 is 14.4 Å². The van der Waals surface area contributed by atoms with Crippen molar-refractivity contribution in [3.63, 3.8) is 0 Å². The molecule has 1 aromatic heterocycles. The Hall–Kier alpha value is -3.29. The Balaban J connectivity index is 1.39. The van der Waals surface area contributed by atoms with Crippen LogP contribution in [0, 0.1) is 0 Å². The van der Waals surface area contributed by atoms with Gasteiger partial charge in [0.15, 0.2) is 11.5 Å². The molecule has 0 aliphatic carbocycles. The number of esters is 1. The van der Waals surface area contributed by atoms with Gasteiger partial charge in [0.2, 0.25) is 6.10 Å². The van der Waals surface area contributed by atoms with Crippen LogP contribution in [0.3, 0.4) is 0 Å². The summed E-state index contributed by atoms with van der Waals surface area (Å²) in [6.45, 7) is 4.44. The molecule has 0 saturated carbocycles. The maximum Gasteiger partial charge on any atom is 0.341 e. The number of carbonyl (C=O) groups is 2. The molecule has 2 aromatic rings. The summed E-state index contributed by atoms with van der Waals surface area (Å²) in [7, 11) is 0. The van der Waals surface area contributed by atoms with Gasteiger partial charge in [0.1, 0.15) is 18.0 Å². The van der Waals surface area contributed by atoms with Gasteiger partial charge in [-0.1, -0.05) is 12.1 Å². The minimum Gasteiger partial charge on any atom is -0.485 e. The highest BCUT2D eigenvalue weighted by molar-refractivity contribution is 5.94. The topological polar surface area (TPSA) is 81.2 Å². The molecule has 8 heteroatoms. The quantitative estimate of drug-likeness (QED) is 0.727. The third-order valence-corrected chi connectivity index (χ3v) is 4.96. The third kappa shape index (κ3) is 3.96. The predicted octanol–water partition coefficient (Wildman–Crippen LogP) is 1.75. The van der Waals surface area contributed by atoms with E-state index in [1.54, 1.807) is 36.2 Å². The lowest BCUT2D eigenvalue weighted by Gasteiger charge is -2.38. The molecule has 29 heavy (non-hydrogen) atoms. The molecule has 3 heterocycles. The van der Waals surface area contributed by atoms with Crippen molar-refractivity contribution >= 4 is 17.7 Å². The number of ether oxygens (including phenoxy) is 3. The van der Waals surface area contributed by atoms with Crippen LogP contribution in [0.25, 0.3) is 0 Å².